The Hall–Kier alpha value is -1.10. The quantitative estimate of drug-likeness (QED) is 0.794. The fourth-order valence-electron chi connectivity index (χ4n) is 2.65. The van der Waals surface area contributed by atoms with Gasteiger partial charge in [0.2, 0.25) is 0 Å². The molecule has 0 saturated heterocycles. The van der Waals surface area contributed by atoms with Crippen LogP contribution in [0.1, 0.15) is 56.9 Å². The standard InChI is InChI=1S/C15H24N2O2S/c1-5-19-13(18)12-10-20-14(16-12)17(4)11-6-8-15(2,3)9-7-11/h10-11H,5-9H2,1-4H3. The van der Waals surface area contributed by atoms with Crippen molar-refractivity contribution in [3.05, 3.63) is 11.1 Å². The van der Waals surface area contributed by atoms with Crippen molar-refractivity contribution >= 4 is 22.4 Å². The molecule has 5 heteroatoms. The molecule has 0 aliphatic heterocycles. The number of esters is 1. The number of anilines is 1. The van der Waals surface area contributed by atoms with Crippen LogP contribution in [0, 0.1) is 5.41 Å². The normalized spacial score (nSPS) is 18.8. The molecule has 1 aliphatic carbocycles. The molecule has 1 fully saturated rings. The van der Waals surface area contributed by atoms with E-state index in [-0.39, 0.29) is 5.97 Å². The van der Waals surface area contributed by atoms with Gasteiger partial charge in [0.1, 0.15) is 0 Å². The highest BCUT2D eigenvalue weighted by atomic mass is 32.1. The van der Waals surface area contributed by atoms with E-state index >= 15 is 0 Å². The SMILES string of the molecule is CCOC(=O)c1csc(N(C)C2CCC(C)(C)CC2)n1. The van der Waals surface area contributed by atoms with Crippen molar-refractivity contribution in [2.45, 2.75) is 52.5 Å². The highest BCUT2D eigenvalue weighted by Crippen LogP contribution is 2.38. The fraction of sp³-hybridized carbons (Fsp3) is 0.733. The van der Waals surface area contributed by atoms with Gasteiger partial charge in [0.05, 0.1) is 6.61 Å². The molecule has 0 spiro atoms. The highest BCUT2D eigenvalue weighted by Gasteiger charge is 2.30. The van der Waals surface area contributed by atoms with Crippen molar-refractivity contribution in [2.24, 2.45) is 5.41 Å². The number of rotatable bonds is 4. The van der Waals surface area contributed by atoms with Crippen LogP contribution in [0.15, 0.2) is 5.38 Å². The second-order valence-electron chi connectivity index (χ2n) is 6.24. The van der Waals surface area contributed by atoms with Crippen molar-refractivity contribution in [1.82, 2.24) is 4.98 Å². The summed E-state index contributed by atoms with van der Waals surface area (Å²) in [6, 6.07) is 0.532. The number of hydrogen-bond donors (Lipinski definition) is 0. The summed E-state index contributed by atoms with van der Waals surface area (Å²) in [4.78, 5) is 18.3. The molecule has 0 atom stereocenters. The third-order valence-electron chi connectivity index (χ3n) is 4.13. The van der Waals surface area contributed by atoms with E-state index < -0.39 is 0 Å². The van der Waals surface area contributed by atoms with Crippen molar-refractivity contribution in [2.75, 3.05) is 18.6 Å². The van der Waals surface area contributed by atoms with Crippen molar-refractivity contribution in [3.8, 4) is 0 Å². The molecule has 112 valence electrons. The summed E-state index contributed by atoms with van der Waals surface area (Å²) < 4.78 is 4.98. The maximum atomic E-state index is 11.6. The fourth-order valence-corrected chi connectivity index (χ4v) is 3.48. The summed E-state index contributed by atoms with van der Waals surface area (Å²) in [7, 11) is 2.08. The second kappa shape index (κ2) is 6.12. The monoisotopic (exact) mass is 296 g/mol. The van der Waals surface area contributed by atoms with E-state index in [0.717, 1.165) is 5.13 Å². The van der Waals surface area contributed by atoms with E-state index in [2.05, 4.69) is 30.8 Å². The molecule has 0 bridgehead atoms. The first-order chi connectivity index (χ1) is 9.43. The zero-order valence-corrected chi connectivity index (χ0v) is 13.6. The minimum atomic E-state index is -0.326. The predicted molar refractivity (Wildman–Crippen MR) is 82.5 cm³/mol. The Kier molecular flexibility index (Phi) is 4.68. The minimum absolute atomic E-state index is 0.326. The molecular formula is C15H24N2O2S. The lowest BCUT2D eigenvalue weighted by Crippen LogP contribution is -2.37. The summed E-state index contributed by atoms with van der Waals surface area (Å²) in [6.45, 7) is 6.87. The third-order valence-corrected chi connectivity index (χ3v) is 5.07. The molecule has 0 unspecified atom stereocenters. The van der Waals surface area contributed by atoms with E-state index in [0.29, 0.717) is 23.8 Å². The number of carbonyl (C=O) groups is 1. The van der Waals surface area contributed by atoms with Crippen LogP contribution in [0.4, 0.5) is 5.13 Å². The predicted octanol–water partition coefficient (Wildman–Crippen LogP) is 3.72. The van der Waals surface area contributed by atoms with Crippen LogP contribution in [0.3, 0.4) is 0 Å². The molecule has 1 heterocycles. The molecule has 4 nitrogen and oxygen atoms in total. The second-order valence-corrected chi connectivity index (χ2v) is 7.08. The van der Waals surface area contributed by atoms with Gasteiger partial charge in [0.15, 0.2) is 10.8 Å². The van der Waals surface area contributed by atoms with Gasteiger partial charge in [-0.05, 0) is 38.0 Å². The molecule has 1 saturated carbocycles. The van der Waals surface area contributed by atoms with E-state index in [1.54, 1.807) is 12.3 Å². The van der Waals surface area contributed by atoms with E-state index in [1.807, 2.05) is 0 Å². The van der Waals surface area contributed by atoms with Crippen LogP contribution in [-0.2, 0) is 4.74 Å². The summed E-state index contributed by atoms with van der Waals surface area (Å²) in [6.07, 6.45) is 4.88. The lowest BCUT2D eigenvalue weighted by molar-refractivity contribution is 0.0520. The molecule has 0 amide bonds. The van der Waals surface area contributed by atoms with Gasteiger partial charge in [-0.15, -0.1) is 11.3 Å². The zero-order chi connectivity index (χ0) is 14.8. The first-order valence-corrected chi connectivity index (χ1v) is 8.16. The van der Waals surface area contributed by atoms with Gasteiger partial charge in [-0.2, -0.15) is 0 Å². The largest absolute Gasteiger partial charge is 0.461 e. The third kappa shape index (κ3) is 3.51. The van der Waals surface area contributed by atoms with Gasteiger partial charge in [-0.25, -0.2) is 9.78 Å². The molecule has 0 radical (unpaired) electrons. The lowest BCUT2D eigenvalue weighted by Gasteiger charge is -2.38. The van der Waals surface area contributed by atoms with E-state index in [9.17, 15) is 4.79 Å². The molecule has 0 N–H and O–H groups in total. The smallest absolute Gasteiger partial charge is 0.357 e. The average Bonchev–Trinajstić information content (AvgIpc) is 2.88. The van der Waals surface area contributed by atoms with Crippen LogP contribution < -0.4 is 4.90 Å². The molecule has 20 heavy (non-hydrogen) atoms. The Labute approximate surface area is 125 Å². The van der Waals surface area contributed by atoms with E-state index in [4.69, 9.17) is 4.74 Å². The average molecular weight is 296 g/mol. The molecule has 1 aliphatic rings. The van der Waals surface area contributed by atoms with Crippen molar-refractivity contribution < 1.29 is 9.53 Å². The summed E-state index contributed by atoms with van der Waals surface area (Å²) >= 11 is 1.52. The Morgan fingerprint density at radius 1 is 1.50 bits per heavy atom. The Bertz CT molecular complexity index is 460. The maximum Gasteiger partial charge on any atom is 0.357 e. The Balaban J connectivity index is 1.99. The zero-order valence-electron chi connectivity index (χ0n) is 12.8. The van der Waals surface area contributed by atoms with Crippen LogP contribution in [0.5, 0.6) is 0 Å². The minimum Gasteiger partial charge on any atom is -0.461 e. The Morgan fingerprint density at radius 2 is 2.15 bits per heavy atom. The van der Waals surface area contributed by atoms with Crippen LogP contribution in [-0.4, -0.2) is 30.6 Å². The number of thiazole rings is 1. The highest BCUT2D eigenvalue weighted by molar-refractivity contribution is 7.13. The van der Waals surface area contributed by atoms with Gasteiger partial charge >= 0.3 is 5.97 Å². The van der Waals surface area contributed by atoms with Crippen LogP contribution in [0.25, 0.3) is 0 Å². The van der Waals surface area contributed by atoms with E-state index in [1.165, 1.54) is 37.0 Å². The summed E-state index contributed by atoms with van der Waals surface area (Å²) in [5.41, 5.74) is 0.894. The number of aromatic nitrogens is 1. The van der Waals surface area contributed by atoms with Crippen LogP contribution in [0.2, 0.25) is 0 Å². The molecule has 2 rings (SSSR count). The topological polar surface area (TPSA) is 42.4 Å². The first kappa shape index (κ1) is 15.3. The Morgan fingerprint density at radius 3 is 2.75 bits per heavy atom. The maximum absolute atomic E-state index is 11.6. The van der Waals surface area contributed by atoms with Gasteiger partial charge < -0.3 is 9.64 Å². The summed E-state index contributed by atoms with van der Waals surface area (Å²) in [5.74, 6) is -0.326. The number of hydrogen-bond acceptors (Lipinski definition) is 5. The number of ether oxygens (including phenoxy) is 1. The lowest BCUT2D eigenvalue weighted by atomic mass is 9.75. The molecule has 0 aromatic carbocycles. The van der Waals surface area contributed by atoms with Crippen LogP contribution >= 0.6 is 11.3 Å². The molecular weight excluding hydrogens is 272 g/mol. The molecule has 1 aromatic heterocycles. The first-order valence-electron chi connectivity index (χ1n) is 7.28. The van der Waals surface area contributed by atoms with Gasteiger partial charge in [0, 0.05) is 18.5 Å². The van der Waals surface area contributed by atoms with Gasteiger partial charge in [-0.1, -0.05) is 13.8 Å². The van der Waals surface area contributed by atoms with Crippen molar-refractivity contribution in [1.29, 1.82) is 0 Å². The number of nitrogens with zero attached hydrogens (tertiary/aromatic N) is 2. The van der Waals surface area contributed by atoms with Gasteiger partial charge in [-0.3, -0.25) is 0 Å². The summed E-state index contributed by atoms with van der Waals surface area (Å²) in [5, 5.41) is 2.70. The van der Waals surface area contributed by atoms with Gasteiger partial charge in [0.25, 0.3) is 0 Å². The number of carbonyl (C=O) groups excluding carboxylic acids is 1. The molecule has 1 aromatic rings. The van der Waals surface area contributed by atoms with Crippen molar-refractivity contribution in [3.63, 3.8) is 0 Å².